The number of carbonyl (C=O) groups excluding carboxylic acids is 2. The number of ether oxygens (including phenoxy) is 4. The Morgan fingerprint density at radius 3 is 1.97 bits per heavy atom. The van der Waals surface area contributed by atoms with Gasteiger partial charge in [0.1, 0.15) is 30.5 Å². The van der Waals surface area contributed by atoms with E-state index in [2.05, 4.69) is 0 Å². The smallest absolute Gasteiger partial charge is 0.344 e. The summed E-state index contributed by atoms with van der Waals surface area (Å²) in [5, 5.41) is 0. The highest BCUT2D eigenvalue weighted by Crippen LogP contribution is 2.33. The van der Waals surface area contributed by atoms with E-state index in [0.29, 0.717) is 24.4 Å². The van der Waals surface area contributed by atoms with Crippen molar-refractivity contribution in [1.82, 2.24) is 0 Å². The van der Waals surface area contributed by atoms with E-state index in [1.165, 1.54) is 0 Å². The topological polar surface area (TPSA) is 71.1 Å². The second-order valence-electron chi connectivity index (χ2n) is 6.59. The van der Waals surface area contributed by atoms with Crippen LogP contribution >= 0.6 is 0 Å². The van der Waals surface area contributed by atoms with Crippen molar-refractivity contribution >= 4 is 12.3 Å². The van der Waals surface area contributed by atoms with Gasteiger partial charge in [-0.3, -0.25) is 4.79 Å². The Balaban J connectivity index is 1.69. The molecular formula is C25H24O6. The number of hydrogen-bond donors (Lipinski definition) is 0. The van der Waals surface area contributed by atoms with Gasteiger partial charge in [-0.15, -0.1) is 0 Å². The van der Waals surface area contributed by atoms with Gasteiger partial charge in [0.2, 0.25) is 0 Å². The fourth-order valence-electron chi connectivity index (χ4n) is 2.83. The maximum absolute atomic E-state index is 12.1. The van der Waals surface area contributed by atoms with E-state index in [1.807, 2.05) is 67.6 Å². The van der Waals surface area contributed by atoms with E-state index < -0.39 is 5.97 Å². The second-order valence-corrected chi connectivity index (χ2v) is 6.59. The highest BCUT2D eigenvalue weighted by molar-refractivity contribution is 5.85. The third-order valence-corrected chi connectivity index (χ3v) is 4.33. The van der Waals surface area contributed by atoms with Crippen LogP contribution in [-0.2, 0) is 22.7 Å². The van der Waals surface area contributed by atoms with Gasteiger partial charge in [-0.2, -0.15) is 0 Å². The predicted octanol–water partition coefficient (Wildman–Crippen LogP) is 4.60. The maximum Gasteiger partial charge on any atom is 0.344 e. The van der Waals surface area contributed by atoms with Gasteiger partial charge in [-0.1, -0.05) is 60.7 Å². The van der Waals surface area contributed by atoms with E-state index in [9.17, 15) is 9.59 Å². The zero-order valence-electron chi connectivity index (χ0n) is 17.3. The van der Waals surface area contributed by atoms with Crippen LogP contribution in [0.3, 0.4) is 0 Å². The van der Waals surface area contributed by atoms with Crippen molar-refractivity contribution in [1.29, 1.82) is 0 Å². The molecule has 0 spiro atoms. The van der Waals surface area contributed by atoms with Crippen LogP contribution in [0.15, 0.2) is 72.8 Å². The zero-order chi connectivity index (χ0) is 21.9. The molecule has 160 valence electrons. The lowest BCUT2D eigenvalue weighted by atomic mass is 10.1. The molecule has 6 heteroatoms. The molecule has 0 aliphatic heterocycles. The number of rotatable bonds is 11. The summed E-state index contributed by atoms with van der Waals surface area (Å²) in [4.78, 5) is 23.9. The molecule has 0 radical (unpaired) electrons. The minimum Gasteiger partial charge on any atom is -0.494 e. The average molecular weight is 420 g/mol. The molecule has 3 aromatic rings. The summed E-state index contributed by atoms with van der Waals surface area (Å²) in [6.07, 6.45) is 0.640. The molecule has 0 aromatic heterocycles. The highest BCUT2D eigenvalue weighted by Gasteiger charge is 2.16. The van der Waals surface area contributed by atoms with E-state index in [-0.39, 0.29) is 31.1 Å². The Morgan fingerprint density at radius 1 is 0.806 bits per heavy atom. The number of hydrogen-bond acceptors (Lipinski definition) is 6. The first-order valence-corrected chi connectivity index (χ1v) is 9.94. The second kappa shape index (κ2) is 11.4. The number of carbonyl (C=O) groups is 2. The Labute approximate surface area is 181 Å². The lowest BCUT2D eigenvalue weighted by molar-refractivity contribution is -0.147. The molecule has 0 amide bonds. The highest BCUT2D eigenvalue weighted by atomic mass is 16.6. The monoisotopic (exact) mass is 420 g/mol. The first kappa shape index (κ1) is 21.9. The third-order valence-electron chi connectivity index (χ3n) is 4.33. The molecule has 31 heavy (non-hydrogen) atoms. The van der Waals surface area contributed by atoms with E-state index >= 15 is 0 Å². The minimum atomic E-state index is -0.547. The predicted molar refractivity (Wildman–Crippen MR) is 116 cm³/mol. The van der Waals surface area contributed by atoms with Crippen LogP contribution in [0.4, 0.5) is 0 Å². The van der Waals surface area contributed by atoms with Crippen LogP contribution in [0.1, 0.15) is 28.4 Å². The van der Waals surface area contributed by atoms with Crippen molar-refractivity contribution in [3.63, 3.8) is 0 Å². The minimum absolute atomic E-state index is 0.147. The zero-order valence-corrected chi connectivity index (χ0v) is 17.3. The van der Waals surface area contributed by atoms with Crippen LogP contribution in [0.25, 0.3) is 0 Å². The molecule has 0 saturated heterocycles. The quantitative estimate of drug-likeness (QED) is 0.334. The Hall–Kier alpha value is -3.80. The molecule has 0 saturated carbocycles. The molecule has 0 N–H and O–H groups in total. The number of benzene rings is 3. The van der Waals surface area contributed by atoms with Gasteiger partial charge < -0.3 is 18.9 Å². The van der Waals surface area contributed by atoms with Gasteiger partial charge in [0, 0.05) is 12.1 Å². The Bertz CT molecular complexity index is 986. The van der Waals surface area contributed by atoms with Gasteiger partial charge in [0.05, 0.1) is 12.2 Å². The van der Waals surface area contributed by atoms with E-state index in [4.69, 9.17) is 18.9 Å². The lowest BCUT2D eigenvalue weighted by Gasteiger charge is -2.15. The first-order valence-electron chi connectivity index (χ1n) is 9.94. The fourth-order valence-corrected chi connectivity index (χ4v) is 2.83. The fraction of sp³-hybridized carbons (Fsp3) is 0.200. The van der Waals surface area contributed by atoms with Crippen LogP contribution in [-0.4, -0.2) is 25.5 Å². The molecule has 0 aliphatic carbocycles. The summed E-state index contributed by atoms with van der Waals surface area (Å²) in [5.41, 5.74) is 2.03. The molecule has 0 atom stereocenters. The standard InChI is InChI=1S/C25H24O6/c1-2-28-21-13-23(29-16-19-9-5-3-6-10-19)22(15-26)24(14-21)30-18-25(27)31-17-20-11-7-4-8-12-20/h3-15H,2,16-18H2,1H3. The third kappa shape index (κ3) is 6.60. The van der Waals surface area contributed by atoms with Gasteiger partial charge >= 0.3 is 5.97 Å². The van der Waals surface area contributed by atoms with Crippen LogP contribution in [0.2, 0.25) is 0 Å². The number of aldehydes is 1. The van der Waals surface area contributed by atoms with Crippen LogP contribution in [0.5, 0.6) is 17.2 Å². The Morgan fingerprint density at radius 2 is 1.39 bits per heavy atom. The largest absolute Gasteiger partial charge is 0.494 e. The SMILES string of the molecule is CCOc1cc(OCC(=O)OCc2ccccc2)c(C=O)c(OCc2ccccc2)c1. The summed E-state index contributed by atoms with van der Waals surface area (Å²) in [7, 11) is 0. The molecule has 0 aliphatic rings. The molecule has 3 rings (SSSR count). The molecule has 0 fully saturated rings. The normalized spacial score (nSPS) is 10.2. The summed E-state index contributed by atoms with van der Waals surface area (Å²) in [5.74, 6) is 0.441. The average Bonchev–Trinajstić information content (AvgIpc) is 2.81. The van der Waals surface area contributed by atoms with Crippen molar-refractivity contribution in [2.75, 3.05) is 13.2 Å². The van der Waals surface area contributed by atoms with Crippen molar-refractivity contribution < 1.29 is 28.5 Å². The molecule has 0 bridgehead atoms. The molecule has 0 heterocycles. The molecule has 0 unspecified atom stereocenters. The van der Waals surface area contributed by atoms with Crippen molar-refractivity contribution in [3.05, 3.63) is 89.5 Å². The lowest BCUT2D eigenvalue weighted by Crippen LogP contribution is -2.15. The van der Waals surface area contributed by atoms with Crippen molar-refractivity contribution in [2.45, 2.75) is 20.1 Å². The van der Waals surface area contributed by atoms with Gasteiger partial charge in [-0.05, 0) is 18.1 Å². The summed E-state index contributed by atoms with van der Waals surface area (Å²) in [6.45, 7) is 2.35. The summed E-state index contributed by atoms with van der Waals surface area (Å²) < 4.78 is 22.2. The van der Waals surface area contributed by atoms with Crippen LogP contribution < -0.4 is 14.2 Å². The van der Waals surface area contributed by atoms with Gasteiger partial charge in [0.25, 0.3) is 0 Å². The summed E-state index contributed by atoms with van der Waals surface area (Å²) in [6, 6.07) is 22.1. The first-order chi connectivity index (χ1) is 15.2. The maximum atomic E-state index is 12.1. The molecular weight excluding hydrogens is 396 g/mol. The van der Waals surface area contributed by atoms with Crippen LogP contribution in [0, 0.1) is 0 Å². The van der Waals surface area contributed by atoms with E-state index in [0.717, 1.165) is 11.1 Å². The van der Waals surface area contributed by atoms with Crippen molar-refractivity contribution in [3.8, 4) is 17.2 Å². The van der Waals surface area contributed by atoms with Gasteiger partial charge in [0.15, 0.2) is 12.9 Å². The van der Waals surface area contributed by atoms with Crippen molar-refractivity contribution in [2.24, 2.45) is 0 Å². The molecule has 6 nitrogen and oxygen atoms in total. The van der Waals surface area contributed by atoms with E-state index in [1.54, 1.807) is 12.1 Å². The van der Waals surface area contributed by atoms with Gasteiger partial charge in [-0.25, -0.2) is 4.79 Å². The number of esters is 1. The summed E-state index contributed by atoms with van der Waals surface area (Å²) >= 11 is 0. The molecule has 3 aromatic carbocycles. The Kier molecular flexibility index (Phi) is 8.05.